The smallest absolute Gasteiger partial charge is 0.433 e. The molecule has 0 aliphatic carbocycles. The lowest BCUT2D eigenvalue weighted by atomic mass is 10.1. The first kappa shape index (κ1) is 15.8. The van der Waals surface area contributed by atoms with Crippen LogP contribution in [0.3, 0.4) is 0 Å². The summed E-state index contributed by atoms with van der Waals surface area (Å²) in [7, 11) is 3.51. The first-order chi connectivity index (χ1) is 9.90. The zero-order valence-corrected chi connectivity index (χ0v) is 12.1. The number of hydrogen-bond acceptors (Lipinski definition) is 5. The lowest BCUT2D eigenvalue weighted by Gasteiger charge is -2.19. The monoisotopic (exact) mass is 304 g/mol. The lowest BCUT2D eigenvalue weighted by Crippen LogP contribution is -2.26. The zero-order chi connectivity index (χ0) is 15.5. The highest BCUT2D eigenvalue weighted by atomic mass is 19.4. The fourth-order valence-electron chi connectivity index (χ4n) is 2.40. The summed E-state index contributed by atoms with van der Waals surface area (Å²) in [6.07, 6.45) is -1.49. The number of alkyl halides is 3. The number of hydrogen-bond donors (Lipinski definition) is 1. The van der Waals surface area contributed by atoms with Gasteiger partial charge >= 0.3 is 6.18 Å². The van der Waals surface area contributed by atoms with E-state index in [0.29, 0.717) is 12.6 Å². The number of rotatable bonds is 5. The minimum absolute atomic E-state index is 0.0534. The maximum atomic E-state index is 12.7. The Balaban J connectivity index is 1.98. The maximum absolute atomic E-state index is 12.7. The van der Waals surface area contributed by atoms with Crippen LogP contribution in [0.5, 0.6) is 5.88 Å². The van der Waals surface area contributed by atoms with Crippen LogP contribution in [-0.4, -0.2) is 48.2 Å². The molecule has 1 unspecified atom stereocenters. The molecule has 2 heterocycles. The Morgan fingerprint density at radius 2 is 2.19 bits per heavy atom. The molecule has 0 radical (unpaired) electrons. The largest absolute Gasteiger partial charge is 0.477 e. The molecule has 21 heavy (non-hydrogen) atoms. The SMILES string of the molecule is CNc1nc(OCCC2CCCN2C)cc(C(F)(F)F)n1. The third-order valence-electron chi connectivity index (χ3n) is 3.59. The standard InChI is InChI=1S/C13H19F3N4O/c1-17-12-18-10(13(14,15)16)8-11(19-12)21-7-5-9-4-3-6-20(9)2/h8-9H,3-7H2,1-2H3,(H,17,18,19). The second-order valence-electron chi connectivity index (χ2n) is 5.08. The van der Waals surface area contributed by atoms with Crippen LogP contribution in [0, 0.1) is 0 Å². The Kier molecular flexibility index (Phi) is 4.87. The van der Waals surface area contributed by atoms with Crippen molar-refractivity contribution in [3.63, 3.8) is 0 Å². The van der Waals surface area contributed by atoms with Gasteiger partial charge in [-0.25, -0.2) is 4.98 Å². The molecular weight excluding hydrogens is 285 g/mol. The van der Waals surface area contributed by atoms with Crippen molar-refractivity contribution in [3.05, 3.63) is 11.8 Å². The van der Waals surface area contributed by atoms with Gasteiger partial charge in [-0.1, -0.05) is 0 Å². The van der Waals surface area contributed by atoms with Crippen LogP contribution in [0.4, 0.5) is 19.1 Å². The molecule has 5 nitrogen and oxygen atoms in total. The quantitative estimate of drug-likeness (QED) is 0.905. The van der Waals surface area contributed by atoms with E-state index in [1.807, 2.05) is 7.05 Å². The molecule has 8 heteroatoms. The molecule has 1 fully saturated rings. The van der Waals surface area contributed by atoms with E-state index in [2.05, 4.69) is 20.2 Å². The van der Waals surface area contributed by atoms with E-state index in [4.69, 9.17) is 4.74 Å². The Labute approximate surface area is 121 Å². The van der Waals surface area contributed by atoms with Gasteiger partial charge in [0.25, 0.3) is 0 Å². The molecule has 1 atom stereocenters. The normalized spacial score (nSPS) is 19.8. The van der Waals surface area contributed by atoms with Crippen LogP contribution in [-0.2, 0) is 6.18 Å². The Bertz CT molecular complexity index is 481. The van der Waals surface area contributed by atoms with Crippen molar-refractivity contribution in [2.45, 2.75) is 31.5 Å². The average molecular weight is 304 g/mol. The lowest BCUT2D eigenvalue weighted by molar-refractivity contribution is -0.141. The first-order valence-electron chi connectivity index (χ1n) is 6.87. The van der Waals surface area contributed by atoms with Gasteiger partial charge in [-0.2, -0.15) is 18.2 Å². The molecule has 0 saturated carbocycles. The van der Waals surface area contributed by atoms with E-state index < -0.39 is 11.9 Å². The number of nitrogens with zero attached hydrogens (tertiary/aromatic N) is 3. The minimum atomic E-state index is -4.52. The summed E-state index contributed by atoms with van der Waals surface area (Å²) >= 11 is 0. The zero-order valence-electron chi connectivity index (χ0n) is 12.1. The summed E-state index contributed by atoms with van der Waals surface area (Å²) in [6, 6.07) is 1.26. The third-order valence-corrected chi connectivity index (χ3v) is 3.59. The molecule has 1 N–H and O–H groups in total. The predicted octanol–water partition coefficient (Wildman–Crippen LogP) is 2.40. The summed E-state index contributed by atoms with van der Waals surface area (Å²) in [6.45, 7) is 1.40. The Morgan fingerprint density at radius 3 is 2.76 bits per heavy atom. The van der Waals surface area contributed by atoms with Gasteiger partial charge in [-0.05, 0) is 32.9 Å². The number of ether oxygens (including phenoxy) is 1. The molecule has 0 amide bonds. The van der Waals surface area contributed by atoms with Crippen molar-refractivity contribution < 1.29 is 17.9 Å². The predicted molar refractivity (Wildman–Crippen MR) is 72.3 cm³/mol. The van der Waals surface area contributed by atoms with Crippen molar-refractivity contribution in [1.82, 2.24) is 14.9 Å². The second-order valence-corrected chi connectivity index (χ2v) is 5.08. The molecule has 2 rings (SSSR count). The van der Waals surface area contributed by atoms with Crippen molar-refractivity contribution >= 4 is 5.95 Å². The van der Waals surface area contributed by atoms with Crippen LogP contribution in [0.2, 0.25) is 0 Å². The number of anilines is 1. The number of halogens is 3. The van der Waals surface area contributed by atoms with Gasteiger partial charge in [0.05, 0.1) is 6.61 Å². The number of nitrogens with one attached hydrogen (secondary N) is 1. The molecule has 1 aromatic heterocycles. The molecule has 1 saturated heterocycles. The number of likely N-dealkylation sites (tertiary alicyclic amines) is 1. The molecule has 1 aliphatic heterocycles. The minimum Gasteiger partial charge on any atom is -0.477 e. The van der Waals surface area contributed by atoms with Gasteiger partial charge in [-0.3, -0.25) is 0 Å². The van der Waals surface area contributed by atoms with E-state index >= 15 is 0 Å². The summed E-state index contributed by atoms with van der Waals surface area (Å²) in [5, 5.41) is 2.51. The van der Waals surface area contributed by atoms with Crippen LogP contribution in [0.15, 0.2) is 6.07 Å². The van der Waals surface area contributed by atoms with Gasteiger partial charge in [0.1, 0.15) is 0 Å². The van der Waals surface area contributed by atoms with E-state index in [1.165, 1.54) is 7.05 Å². The van der Waals surface area contributed by atoms with Crippen molar-refractivity contribution in [1.29, 1.82) is 0 Å². The second kappa shape index (κ2) is 6.46. The van der Waals surface area contributed by atoms with Gasteiger partial charge < -0.3 is 15.0 Å². The highest BCUT2D eigenvalue weighted by Gasteiger charge is 2.34. The van der Waals surface area contributed by atoms with E-state index in [0.717, 1.165) is 31.9 Å². The highest BCUT2D eigenvalue weighted by Crippen LogP contribution is 2.30. The van der Waals surface area contributed by atoms with Crippen LogP contribution < -0.4 is 10.1 Å². The Morgan fingerprint density at radius 1 is 1.43 bits per heavy atom. The van der Waals surface area contributed by atoms with E-state index in [-0.39, 0.29) is 11.8 Å². The fraction of sp³-hybridized carbons (Fsp3) is 0.692. The van der Waals surface area contributed by atoms with Gasteiger partial charge in [0.2, 0.25) is 11.8 Å². The highest BCUT2D eigenvalue weighted by molar-refractivity contribution is 5.31. The van der Waals surface area contributed by atoms with Crippen molar-refractivity contribution in [2.75, 3.05) is 32.6 Å². The Hall–Kier alpha value is -1.57. The molecular formula is C13H19F3N4O. The summed E-state index contributed by atoms with van der Waals surface area (Å²) in [4.78, 5) is 9.52. The van der Waals surface area contributed by atoms with Crippen LogP contribution in [0.25, 0.3) is 0 Å². The van der Waals surface area contributed by atoms with E-state index in [1.54, 1.807) is 0 Å². The maximum Gasteiger partial charge on any atom is 0.433 e. The van der Waals surface area contributed by atoms with Crippen LogP contribution in [0.1, 0.15) is 25.0 Å². The molecule has 0 aromatic carbocycles. The first-order valence-corrected chi connectivity index (χ1v) is 6.87. The van der Waals surface area contributed by atoms with Gasteiger partial charge in [0, 0.05) is 19.2 Å². The molecule has 118 valence electrons. The summed E-state index contributed by atoms with van der Waals surface area (Å²) in [5.41, 5.74) is -1.00. The molecule has 0 spiro atoms. The van der Waals surface area contributed by atoms with Gasteiger partial charge in [-0.15, -0.1) is 0 Å². The molecule has 0 bridgehead atoms. The fourth-order valence-corrected chi connectivity index (χ4v) is 2.40. The average Bonchev–Trinajstić information content (AvgIpc) is 2.83. The van der Waals surface area contributed by atoms with Crippen molar-refractivity contribution in [2.24, 2.45) is 0 Å². The van der Waals surface area contributed by atoms with Crippen molar-refractivity contribution in [3.8, 4) is 5.88 Å². The van der Waals surface area contributed by atoms with Crippen LogP contribution >= 0.6 is 0 Å². The number of aromatic nitrogens is 2. The topological polar surface area (TPSA) is 50.3 Å². The third kappa shape index (κ3) is 4.20. The molecule has 1 aromatic rings. The van der Waals surface area contributed by atoms with E-state index in [9.17, 15) is 13.2 Å². The summed E-state index contributed by atoms with van der Waals surface area (Å²) in [5.74, 6) is -0.153. The van der Waals surface area contributed by atoms with Gasteiger partial charge in [0.15, 0.2) is 5.69 Å². The molecule has 1 aliphatic rings. The summed E-state index contributed by atoms with van der Waals surface area (Å²) < 4.78 is 43.5.